The van der Waals surface area contributed by atoms with Gasteiger partial charge >= 0.3 is 5.97 Å². The molecule has 7 bridgehead atoms. The van der Waals surface area contributed by atoms with Crippen LogP contribution in [0.5, 0.6) is 0 Å². The van der Waals surface area contributed by atoms with E-state index in [2.05, 4.69) is 11.8 Å². The van der Waals surface area contributed by atoms with Crippen LogP contribution in [-0.4, -0.2) is 111 Å². The van der Waals surface area contributed by atoms with Crippen molar-refractivity contribution in [2.24, 2.45) is 40.4 Å². The fourth-order valence-electron chi connectivity index (χ4n) is 11.9. The highest BCUT2D eigenvalue weighted by Gasteiger charge is 2.88. The third-order valence-electron chi connectivity index (χ3n) is 12.7. The minimum absolute atomic E-state index is 0.0570. The molecule has 0 aromatic heterocycles. The number of ether oxygens (including phenoxy) is 5. The van der Waals surface area contributed by atoms with E-state index in [1.165, 1.54) is 0 Å². The van der Waals surface area contributed by atoms with Crippen LogP contribution in [0.25, 0.3) is 0 Å². The molecule has 5 saturated carbocycles. The fraction of sp³-hybridized carbons (Fsp3) is 0.781. The molecule has 5 aliphatic carbocycles. The first-order valence-electron chi connectivity index (χ1n) is 15.3. The molecule has 226 valence electrons. The quantitative estimate of drug-likeness (QED) is 0.453. The minimum atomic E-state index is -1.58. The van der Waals surface area contributed by atoms with E-state index in [-0.39, 0.29) is 46.8 Å². The van der Waals surface area contributed by atoms with E-state index >= 15 is 0 Å². The first-order valence-corrected chi connectivity index (χ1v) is 15.3. The first kappa shape index (κ1) is 28.2. The summed E-state index contributed by atoms with van der Waals surface area (Å²) in [6.07, 6.45) is -0.296. The Kier molecular flexibility index (Phi) is 6.68. The van der Waals surface area contributed by atoms with Gasteiger partial charge in [-0.2, -0.15) is 0 Å². The van der Waals surface area contributed by atoms with Crippen molar-refractivity contribution in [3.8, 4) is 0 Å². The average molecular weight is 572 g/mol. The van der Waals surface area contributed by atoms with Crippen LogP contribution >= 0.6 is 0 Å². The monoisotopic (exact) mass is 571 g/mol. The van der Waals surface area contributed by atoms with Crippen LogP contribution in [0.15, 0.2) is 30.3 Å². The summed E-state index contributed by atoms with van der Waals surface area (Å²) in [4.78, 5) is 16.0. The summed E-state index contributed by atoms with van der Waals surface area (Å²) in [5, 5.41) is 25.2. The van der Waals surface area contributed by atoms with Crippen LogP contribution in [-0.2, 0) is 23.7 Å². The van der Waals surface area contributed by atoms with Gasteiger partial charge in [-0.25, -0.2) is 4.79 Å². The Balaban J connectivity index is 1.44. The van der Waals surface area contributed by atoms with Crippen LogP contribution in [0.4, 0.5) is 0 Å². The SMILES string of the molecule is CCN1C[C@]2(COC)CC[C@H](OC)[C@@]34[C@@H]5C[C@@H]6[C@@H](OC)[C@H](O)[C@@](O)([C@H]5[C@H]6OC(=O)c5ccccc5)[C@@H]([C@H](OC)[C@H]23)[C@@H]14. The fourth-order valence-corrected chi connectivity index (χ4v) is 11.9. The number of fused-ring (bicyclic) bond motifs is 2. The van der Waals surface area contributed by atoms with Gasteiger partial charge in [0.15, 0.2) is 0 Å². The highest BCUT2D eigenvalue weighted by molar-refractivity contribution is 5.89. The number of hydrogen-bond donors (Lipinski definition) is 2. The highest BCUT2D eigenvalue weighted by Crippen LogP contribution is 2.79. The molecule has 1 spiro atoms. The van der Waals surface area contributed by atoms with Crippen molar-refractivity contribution >= 4 is 5.97 Å². The summed E-state index contributed by atoms with van der Waals surface area (Å²) in [5.74, 6) is -1.56. The molecule has 1 aromatic rings. The average Bonchev–Trinajstić information content (AvgIpc) is 3.42. The largest absolute Gasteiger partial charge is 0.458 e. The van der Waals surface area contributed by atoms with Crippen LogP contribution in [0.2, 0.25) is 0 Å². The Morgan fingerprint density at radius 1 is 1.02 bits per heavy atom. The third kappa shape index (κ3) is 3.24. The van der Waals surface area contributed by atoms with Crippen LogP contribution in [0, 0.1) is 40.4 Å². The van der Waals surface area contributed by atoms with Gasteiger partial charge in [0.25, 0.3) is 0 Å². The Morgan fingerprint density at radius 3 is 2.39 bits per heavy atom. The normalized spacial score (nSPS) is 51.0. The van der Waals surface area contributed by atoms with Gasteiger partial charge in [0.1, 0.15) is 17.8 Å². The number of likely N-dealkylation sites (tertiary alicyclic amines) is 1. The molecule has 0 radical (unpaired) electrons. The Labute approximate surface area is 242 Å². The van der Waals surface area contributed by atoms with Crippen molar-refractivity contribution in [3.63, 3.8) is 0 Å². The van der Waals surface area contributed by atoms with Gasteiger partial charge < -0.3 is 33.9 Å². The van der Waals surface area contributed by atoms with E-state index < -0.39 is 41.7 Å². The summed E-state index contributed by atoms with van der Waals surface area (Å²) in [5.41, 5.74) is -1.65. The molecule has 9 heteroatoms. The van der Waals surface area contributed by atoms with E-state index in [1.807, 2.05) is 25.3 Å². The maximum absolute atomic E-state index is 13.5. The lowest BCUT2D eigenvalue weighted by Crippen LogP contribution is -2.78. The van der Waals surface area contributed by atoms with Crippen molar-refractivity contribution in [2.45, 2.75) is 68.3 Å². The van der Waals surface area contributed by atoms with Crippen molar-refractivity contribution in [1.29, 1.82) is 0 Å². The second-order valence-electron chi connectivity index (χ2n) is 13.6. The lowest BCUT2D eigenvalue weighted by Gasteiger charge is -2.69. The van der Waals surface area contributed by atoms with E-state index in [0.717, 1.165) is 25.9 Å². The number of carbonyl (C=O) groups excluding carboxylic acids is 1. The van der Waals surface area contributed by atoms with Gasteiger partial charge in [-0.1, -0.05) is 25.1 Å². The lowest BCUT2D eigenvalue weighted by molar-refractivity contribution is -0.299. The number of benzene rings is 1. The maximum Gasteiger partial charge on any atom is 0.338 e. The summed E-state index contributed by atoms with van der Waals surface area (Å²) in [6, 6.07) is 8.95. The van der Waals surface area contributed by atoms with E-state index in [9.17, 15) is 15.0 Å². The number of rotatable bonds is 8. The van der Waals surface area contributed by atoms with Crippen LogP contribution in [0.3, 0.4) is 0 Å². The smallest absolute Gasteiger partial charge is 0.338 e. The molecule has 14 atom stereocenters. The van der Waals surface area contributed by atoms with Gasteiger partial charge in [-0.05, 0) is 43.9 Å². The number of nitrogens with zero attached hydrogens (tertiary/aromatic N) is 1. The Hall–Kier alpha value is -1.59. The molecular formula is C32H45NO8. The number of methoxy groups -OCH3 is 4. The molecule has 6 fully saturated rings. The van der Waals surface area contributed by atoms with Gasteiger partial charge in [-0.15, -0.1) is 0 Å². The van der Waals surface area contributed by atoms with Gasteiger partial charge in [0.05, 0.1) is 30.5 Å². The predicted molar refractivity (Wildman–Crippen MR) is 148 cm³/mol. The molecule has 0 unspecified atom stereocenters. The number of aliphatic hydroxyl groups is 2. The third-order valence-corrected chi connectivity index (χ3v) is 12.7. The molecule has 7 rings (SSSR count). The predicted octanol–water partition coefficient (Wildman–Crippen LogP) is 1.99. The molecule has 1 aliphatic heterocycles. The molecule has 41 heavy (non-hydrogen) atoms. The summed E-state index contributed by atoms with van der Waals surface area (Å²) in [7, 11) is 6.91. The molecule has 6 aliphatic rings. The molecule has 9 nitrogen and oxygen atoms in total. The zero-order valence-electron chi connectivity index (χ0n) is 24.8. The van der Waals surface area contributed by atoms with Crippen molar-refractivity contribution in [3.05, 3.63) is 35.9 Å². The first-order chi connectivity index (χ1) is 19.8. The molecule has 2 N–H and O–H groups in total. The maximum atomic E-state index is 13.5. The van der Waals surface area contributed by atoms with E-state index in [1.54, 1.807) is 33.5 Å². The van der Waals surface area contributed by atoms with Crippen molar-refractivity contribution in [2.75, 3.05) is 48.1 Å². The summed E-state index contributed by atoms with van der Waals surface area (Å²) >= 11 is 0. The summed E-state index contributed by atoms with van der Waals surface area (Å²) in [6.45, 7) is 4.44. The van der Waals surface area contributed by atoms with Crippen molar-refractivity contribution < 1.29 is 38.7 Å². The number of esters is 1. The minimum Gasteiger partial charge on any atom is -0.458 e. The van der Waals surface area contributed by atoms with E-state index in [0.29, 0.717) is 18.6 Å². The Morgan fingerprint density at radius 2 is 1.76 bits per heavy atom. The standard InChI is InChI=1S/C32H45NO8/c1-6-33-15-30(16-37-2)13-12-20(38-3)31-19-14-18-23(41-29(35)17-10-8-7-9-11-17)21(19)32(36,28(34)24(18)39-4)22(27(31)33)25(40-5)26(30)31/h7-11,18-28,34,36H,6,12-16H2,1-5H3/t18-,19+,20-,21+,22-,23-,24+,25-,26+,27+,28-,30-,31-,32+/m0/s1. The molecule has 1 saturated heterocycles. The molecule has 1 aromatic carbocycles. The number of hydrogen-bond acceptors (Lipinski definition) is 9. The Bertz CT molecular complexity index is 1170. The van der Waals surface area contributed by atoms with Gasteiger partial charge in [0, 0.05) is 75.5 Å². The van der Waals surface area contributed by atoms with Crippen molar-refractivity contribution in [1.82, 2.24) is 4.90 Å². The van der Waals surface area contributed by atoms with Gasteiger partial charge in [-0.3, -0.25) is 4.90 Å². The zero-order chi connectivity index (χ0) is 28.9. The zero-order valence-corrected chi connectivity index (χ0v) is 24.8. The number of piperidine rings is 1. The lowest BCUT2D eigenvalue weighted by atomic mass is 9.43. The highest BCUT2D eigenvalue weighted by atomic mass is 16.6. The number of carbonyl (C=O) groups is 1. The van der Waals surface area contributed by atoms with Crippen LogP contribution in [0.1, 0.15) is 36.5 Å². The molecule has 0 amide bonds. The van der Waals surface area contributed by atoms with Crippen LogP contribution < -0.4 is 0 Å². The second kappa shape index (κ2) is 9.71. The number of aliphatic hydroxyl groups excluding tert-OH is 1. The topological polar surface area (TPSA) is 107 Å². The van der Waals surface area contributed by atoms with Gasteiger partial charge in [0.2, 0.25) is 0 Å². The molecule has 1 heterocycles. The van der Waals surface area contributed by atoms with E-state index in [4.69, 9.17) is 23.7 Å². The molecular weight excluding hydrogens is 526 g/mol. The second-order valence-corrected chi connectivity index (χ2v) is 13.6. The summed E-state index contributed by atoms with van der Waals surface area (Å²) < 4.78 is 31.2.